The molecule has 1 atom stereocenters. The summed E-state index contributed by atoms with van der Waals surface area (Å²) in [7, 11) is 0. The molecule has 0 spiro atoms. The Bertz CT molecular complexity index is 266. The van der Waals surface area contributed by atoms with Gasteiger partial charge in [-0.3, -0.25) is 0 Å². The third-order valence-electron chi connectivity index (χ3n) is 2.90. The van der Waals surface area contributed by atoms with Crippen molar-refractivity contribution in [2.45, 2.75) is 57.8 Å². The molecule has 0 aromatic rings. The third-order valence-corrected chi connectivity index (χ3v) is 2.90. The Balaban J connectivity index is 2.47. The van der Waals surface area contributed by atoms with E-state index in [1.165, 1.54) is 0 Å². The van der Waals surface area contributed by atoms with Gasteiger partial charge in [-0.2, -0.15) is 0 Å². The van der Waals surface area contributed by atoms with Crippen molar-refractivity contribution in [2.24, 2.45) is 0 Å². The van der Waals surface area contributed by atoms with Crippen LogP contribution in [-0.4, -0.2) is 41.7 Å². The van der Waals surface area contributed by atoms with Crippen LogP contribution in [0.4, 0.5) is 4.79 Å². The summed E-state index contributed by atoms with van der Waals surface area (Å²) in [4.78, 5) is 11.6. The average molecular weight is 245 g/mol. The van der Waals surface area contributed by atoms with Gasteiger partial charge < -0.3 is 19.9 Å². The van der Waals surface area contributed by atoms with Crippen LogP contribution >= 0.6 is 0 Å². The van der Waals surface area contributed by atoms with Crippen molar-refractivity contribution >= 4 is 6.09 Å². The molecule has 0 bridgehead atoms. The molecule has 17 heavy (non-hydrogen) atoms. The minimum Gasteiger partial charge on any atom is -0.444 e. The molecule has 0 aromatic heterocycles. The van der Waals surface area contributed by atoms with Gasteiger partial charge in [0.2, 0.25) is 0 Å². The Kier molecular flexibility index (Phi) is 4.38. The smallest absolute Gasteiger partial charge is 0.407 e. The van der Waals surface area contributed by atoms with Crippen LogP contribution in [0, 0.1) is 0 Å². The minimum absolute atomic E-state index is 0.346. The summed E-state index contributed by atoms with van der Waals surface area (Å²) in [5.41, 5.74) is -1.42. The Hall–Kier alpha value is -0.810. The first-order valence-electron chi connectivity index (χ1n) is 6.03. The number of carbonyl (C=O) groups is 1. The van der Waals surface area contributed by atoms with Crippen LogP contribution in [0.5, 0.6) is 0 Å². The van der Waals surface area contributed by atoms with Crippen LogP contribution in [0.3, 0.4) is 0 Å². The molecule has 0 radical (unpaired) electrons. The molecular formula is C12H23NO4. The zero-order chi connectivity index (χ0) is 13.1. The van der Waals surface area contributed by atoms with E-state index in [0.717, 1.165) is 0 Å². The van der Waals surface area contributed by atoms with Gasteiger partial charge in [0.25, 0.3) is 0 Å². The van der Waals surface area contributed by atoms with E-state index in [2.05, 4.69) is 5.32 Å². The summed E-state index contributed by atoms with van der Waals surface area (Å²) >= 11 is 0. The van der Waals surface area contributed by atoms with E-state index in [1.54, 1.807) is 27.7 Å². The van der Waals surface area contributed by atoms with Crippen LogP contribution in [0.25, 0.3) is 0 Å². The van der Waals surface area contributed by atoms with Gasteiger partial charge in [0, 0.05) is 26.1 Å². The monoisotopic (exact) mass is 245 g/mol. The van der Waals surface area contributed by atoms with E-state index in [-0.39, 0.29) is 6.04 Å². The van der Waals surface area contributed by atoms with Crippen molar-refractivity contribution in [1.82, 2.24) is 5.32 Å². The van der Waals surface area contributed by atoms with E-state index in [0.29, 0.717) is 26.1 Å². The first-order chi connectivity index (χ1) is 7.73. The molecular weight excluding hydrogens is 222 g/mol. The summed E-state index contributed by atoms with van der Waals surface area (Å²) in [6.07, 6.45) is 0.568. The maximum absolute atomic E-state index is 11.6. The maximum Gasteiger partial charge on any atom is 0.407 e. The second kappa shape index (κ2) is 5.23. The SMILES string of the molecule is CC(NC(=O)OC(C)(C)C)C1(O)CCOCC1. The van der Waals surface area contributed by atoms with Gasteiger partial charge >= 0.3 is 6.09 Å². The largest absolute Gasteiger partial charge is 0.444 e. The van der Waals surface area contributed by atoms with Crippen LogP contribution in [0.1, 0.15) is 40.5 Å². The first kappa shape index (κ1) is 14.3. The van der Waals surface area contributed by atoms with Gasteiger partial charge in [-0.1, -0.05) is 0 Å². The van der Waals surface area contributed by atoms with E-state index in [1.807, 2.05) is 0 Å². The fraction of sp³-hybridized carbons (Fsp3) is 0.917. The Morgan fingerprint density at radius 3 is 2.41 bits per heavy atom. The second-order valence-corrected chi connectivity index (χ2v) is 5.58. The highest BCUT2D eigenvalue weighted by molar-refractivity contribution is 5.68. The fourth-order valence-corrected chi connectivity index (χ4v) is 1.78. The van der Waals surface area contributed by atoms with Crippen molar-refractivity contribution in [3.63, 3.8) is 0 Å². The van der Waals surface area contributed by atoms with E-state index < -0.39 is 17.3 Å². The van der Waals surface area contributed by atoms with Crippen molar-refractivity contribution in [3.8, 4) is 0 Å². The summed E-state index contributed by atoms with van der Waals surface area (Å²) < 4.78 is 10.3. The molecule has 0 aliphatic carbocycles. The first-order valence-corrected chi connectivity index (χ1v) is 6.03. The number of aliphatic hydroxyl groups is 1. The Labute approximate surface area is 102 Å². The minimum atomic E-state index is -0.894. The maximum atomic E-state index is 11.6. The number of amides is 1. The molecule has 1 amide bonds. The zero-order valence-corrected chi connectivity index (χ0v) is 11.1. The van der Waals surface area contributed by atoms with Gasteiger partial charge in [-0.05, 0) is 27.7 Å². The lowest BCUT2D eigenvalue weighted by molar-refractivity contribution is -0.0821. The van der Waals surface area contributed by atoms with E-state index >= 15 is 0 Å². The molecule has 5 nitrogen and oxygen atoms in total. The van der Waals surface area contributed by atoms with Gasteiger partial charge in [0.05, 0.1) is 11.6 Å². The van der Waals surface area contributed by atoms with Gasteiger partial charge in [-0.25, -0.2) is 4.79 Å². The lowest BCUT2D eigenvalue weighted by Crippen LogP contribution is -2.54. The highest BCUT2D eigenvalue weighted by Crippen LogP contribution is 2.24. The summed E-state index contributed by atoms with van der Waals surface area (Å²) in [5.74, 6) is 0. The zero-order valence-electron chi connectivity index (χ0n) is 11.1. The highest BCUT2D eigenvalue weighted by Gasteiger charge is 2.37. The molecule has 1 aliphatic rings. The number of hydrogen-bond donors (Lipinski definition) is 2. The number of nitrogens with one attached hydrogen (secondary N) is 1. The van der Waals surface area contributed by atoms with E-state index in [4.69, 9.17) is 9.47 Å². The predicted molar refractivity (Wildman–Crippen MR) is 63.8 cm³/mol. The molecule has 2 N–H and O–H groups in total. The molecule has 5 heteroatoms. The van der Waals surface area contributed by atoms with Crippen molar-refractivity contribution in [1.29, 1.82) is 0 Å². The number of ether oxygens (including phenoxy) is 2. The standard InChI is InChI=1S/C12H23NO4/c1-9(12(15)5-7-16-8-6-12)13-10(14)17-11(2,3)4/h9,15H,5-8H2,1-4H3,(H,13,14). The third kappa shape index (κ3) is 4.52. The van der Waals surface area contributed by atoms with Crippen molar-refractivity contribution < 1.29 is 19.4 Å². The molecule has 0 saturated carbocycles. The van der Waals surface area contributed by atoms with Crippen molar-refractivity contribution in [3.05, 3.63) is 0 Å². The van der Waals surface area contributed by atoms with Crippen LogP contribution in [0.2, 0.25) is 0 Å². The topological polar surface area (TPSA) is 67.8 Å². The molecule has 1 heterocycles. The average Bonchev–Trinajstić information content (AvgIpc) is 2.15. The molecule has 1 fully saturated rings. The molecule has 0 aromatic carbocycles. The molecule has 1 aliphatic heterocycles. The van der Waals surface area contributed by atoms with Gasteiger partial charge in [-0.15, -0.1) is 0 Å². The molecule has 1 unspecified atom stereocenters. The Morgan fingerprint density at radius 1 is 1.41 bits per heavy atom. The predicted octanol–water partition coefficient (Wildman–Crippen LogP) is 1.44. The fourth-order valence-electron chi connectivity index (χ4n) is 1.78. The summed E-state index contributed by atoms with van der Waals surface area (Å²) in [6, 6.07) is -0.346. The number of alkyl carbamates (subject to hydrolysis) is 1. The Morgan fingerprint density at radius 2 is 1.94 bits per heavy atom. The van der Waals surface area contributed by atoms with Gasteiger partial charge in [0.1, 0.15) is 5.60 Å². The highest BCUT2D eigenvalue weighted by atomic mass is 16.6. The van der Waals surface area contributed by atoms with E-state index in [9.17, 15) is 9.90 Å². The van der Waals surface area contributed by atoms with Crippen LogP contribution in [-0.2, 0) is 9.47 Å². The van der Waals surface area contributed by atoms with Crippen LogP contribution in [0.15, 0.2) is 0 Å². The van der Waals surface area contributed by atoms with Gasteiger partial charge in [0.15, 0.2) is 0 Å². The molecule has 100 valence electrons. The number of hydrogen-bond acceptors (Lipinski definition) is 4. The number of rotatable bonds is 2. The molecule has 1 saturated heterocycles. The lowest BCUT2D eigenvalue weighted by atomic mass is 9.87. The number of carbonyl (C=O) groups excluding carboxylic acids is 1. The summed E-state index contributed by atoms with van der Waals surface area (Å²) in [5, 5.41) is 13.0. The second-order valence-electron chi connectivity index (χ2n) is 5.58. The molecule has 1 rings (SSSR count). The van der Waals surface area contributed by atoms with Crippen molar-refractivity contribution in [2.75, 3.05) is 13.2 Å². The summed E-state index contributed by atoms with van der Waals surface area (Å²) in [6.45, 7) is 8.25. The quantitative estimate of drug-likeness (QED) is 0.772. The normalized spacial score (nSPS) is 21.7. The van der Waals surface area contributed by atoms with Crippen LogP contribution < -0.4 is 5.32 Å². The lowest BCUT2D eigenvalue weighted by Gasteiger charge is -2.37.